The fourth-order valence-corrected chi connectivity index (χ4v) is 2.31. The van der Waals surface area contributed by atoms with Crippen molar-refractivity contribution >= 4 is 9.84 Å². The normalized spacial score (nSPS) is 10.4. The topological polar surface area (TPSA) is 43.4 Å². The van der Waals surface area contributed by atoms with E-state index in [0.717, 1.165) is 16.9 Å². The van der Waals surface area contributed by atoms with Crippen LogP contribution in [0.2, 0.25) is 0 Å². The molecule has 0 atom stereocenters. The van der Waals surface area contributed by atoms with E-state index in [1.165, 1.54) is 6.26 Å². The quantitative estimate of drug-likeness (QED) is 0.864. The highest BCUT2D eigenvalue weighted by Gasteiger charge is 2.06. The summed E-state index contributed by atoms with van der Waals surface area (Å²) < 4.78 is 27.8. The second-order valence-electron chi connectivity index (χ2n) is 4.03. The van der Waals surface area contributed by atoms with E-state index in [9.17, 15) is 8.42 Å². The lowest BCUT2D eigenvalue weighted by Gasteiger charge is -2.05. The van der Waals surface area contributed by atoms with Crippen LogP contribution in [-0.2, 0) is 9.84 Å². The van der Waals surface area contributed by atoms with Crippen molar-refractivity contribution < 1.29 is 13.2 Å². The molecule has 0 saturated carbocycles. The predicted octanol–water partition coefficient (Wildman–Crippen LogP) is 3.79. The number of sulfone groups is 1. The fourth-order valence-electron chi connectivity index (χ4n) is 1.68. The highest BCUT2D eigenvalue weighted by atomic mass is 32.2. The first-order valence-corrected chi connectivity index (χ1v) is 8.34. The van der Waals surface area contributed by atoms with Crippen molar-refractivity contribution in [3.63, 3.8) is 0 Å². The van der Waals surface area contributed by atoms with E-state index in [1.807, 2.05) is 38.1 Å². The number of methoxy groups -OCH3 is 1. The summed E-state index contributed by atoms with van der Waals surface area (Å²) >= 11 is 0. The van der Waals surface area contributed by atoms with Gasteiger partial charge in [0.25, 0.3) is 0 Å². The maximum Gasteiger partial charge on any atom is 0.175 e. The third-order valence-corrected chi connectivity index (χ3v) is 3.83. The van der Waals surface area contributed by atoms with Crippen LogP contribution in [0, 0.1) is 0 Å². The summed E-state index contributed by atoms with van der Waals surface area (Å²) in [6.07, 6.45) is 1.20. The third kappa shape index (κ3) is 4.10. The van der Waals surface area contributed by atoms with E-state index < -0.39 is 9.84 Å². The van der Waals surface area contributed by atoms with Gasteiger partial charge in [0.15, 0.2) is 9.84 Å². The van der Waals surface area contributed by atoms with E-state index in [2.05, 4.69) is 0 Å². The van der Waals surface area contributed by atoms with Gasteiger partial charge in [0.1, 0.15) is 5.75 Å². The first kappa shape index (κ1) is 16.2. The maximum absolute atomic E-state index is 11.3. The molecule has 0 radical (unpaired) electrons. The number of rotatable bonds is 3. The summed E-state index contributed by atoms with van der Waals surface area (Å²) in [7, 11) is -1.51. The van der Waals surface area contributed by atoms with Crippen LogP contribution in [0.25, 0.3) is 11.1 Å². The number of hydrogen-bond donors (Lipinski definition) is 0. The molecule has 20 heavy (non-hydrogen) atoms. The fraction of sp³-hybridized carbons (Fsp3) is 0.250. The Bertz CT molecular complexity index is 626. The van der Waals surface area contributed by atoms with Gasteiger partial charge in [0.2, 0.25) is 0 Å². The molecule has 0 fully saturated rings. The number of ether oxygens (including phenoxy) is 1. The smallest absolute Gasteiger partial charge is 0.175 e. The van der Waals surface area contributed by atoms with Gasteiger partial charge in [-0.15, -0.1) is 0 Å². The van der Waals surface area contributed by atoms with Crippen molar-refractivity contribution in [1.29, 1.82) is 0 Å². The zero-order valence-corrected chi connectivity index (χ0v) is 13.1. The average Bonchev–Trinajstić information content (AvgIpc) is 2.49. The standard InChI is InChI=1S/C14H14O3S.C2H6/c1-17-13-7-3-11(4-8-13)12-5-9-14(10-6-12)18(2,15)16;1-2/h3-10H,1-2H3;1-2H3. The number of hydrogen-bond acceptors (Lipinski definition) is 3. The third-order valence-electron chi connectivity index (χ3n) is 2.71. The van der Waals surface area contributed by atoms with Gasteiger partial charge in [-0.1, -0.05) is 38.1 Å². The first-order valence-electron chi connectivity index (χ1n) is 6.45. The molecule has 0 aliphatic heterocycles. The molecule has 2 aromatic carbocycles. The Morgan fingerprint density at radius 1 is 0.800 bits per heavy atom. The van der Waals surface area contributed by atoms with Crippen molar-refractivity contribution in [2.75, 3.05) is 13.4 Å². The lowest BCUT2D eigenvalue weighted by Crippen LogP contribution is -1.96. The summed E-state index contributed by atoms with van der Waals surface area (Å²) in [6, 6.07) is 14.5. The van der Waals surface area contributed by atoms with Gasteiger partial charge < -0.3 is 4.74 Å². The number of benzene rings is 2. The molecule has 2 aromatic rings. The van der Waals surface area contributed by atoms with E-state index >= 15 is 0 Å². The van der Waals surface area contributed by atoms with Gasteiger partial charge >= 0.3 is 0 Å². The molecule has 2 rings (SSSR count). The van der Waals surface area contributed by atoms with Gasteiger partial charge in [-0.25, -0.2) is 8.42 Å². The van der Waals surface area contributed by atoms with Gasteiger partial charge in [-0.3, -0.25) is 0 Å². The van der Waals surface area contributed by atoms with Gasteiger partial charge in [-0.2, -0.15) is 0 Å². The second-order valence-corrected chi connectivity index (χ2v) is 6.04. The lowest BCUT2D eigenvalue weighted by molar-refractivity contribution is 0.415. The summed E-state index contributed by atoms with van der Waals surface area (Å²) in [6.45, 7) is 4.00. The SMILES string of the molecule is CC.COc1ccc(-c2ccc(S(C)(=O)=O)cc2)cc1. The molecular formula is C16H20O3S. The van der Waals surface area contributed by atoms with Crippen LogP contribution in [0.5, 0.6) is 5.75 Å². The van der Waals surface area contributed by atoms with Crippen LogP contribution >= 0.6 is 0 Å². The highest BCUT2D eigenvalue weighted by Crippen LogP contribution is 2.23. The monoisotopic (exact) mass is 292 g/mol. The van der Waals surface area contributed by atoms with Crippen LogP contribution in [0.3, 0.4) is 0 Å². The summed E-state index contributed by atoms with van der Waals surface area (Å²) in [4.78, 5) is 0.333. The Morgan fingerprint density at radius 3 is 1.55 bits per heavy atom. The van der Waals surface area contributed by atoms with Crippen LogP contribution in [0.4, 0.5) is 0 Å². The molecule has 4 heteroatoms. The molecule has 0 amide bonds. The van der Waals surface area contributed by atoms with E-state index in [-0.39, 0.29) is 0 Å². The molecule has 0 bridgehead atoms. The molecular weight excluding hydrogens is 272 g/mol. The van der Waals surface area contributed by atoms with Crippen molar-refractivity contribution in [2.24, 2.45) is 0 Å². The van der Waals surface area contributed by atoms with Gasteiger partial charge in [-0.05, 0) is 35.4 Å². The minimum absolute atomic E-state index is 0.333. The lowest BCUT2D eigenvalue weighted by atomic mass is 10.1. The Kier molecular flexibility index (Phi) is 5.77. The van der Waals surface area contributed by atoms with Crippen LogP contribution in [-0.4, -0.2) is 21.8 Å². The van der Waals surface area contributed by atoms with Crippen LogP contribution in [0.15, 0.2) is 53.4 Å². The average molecular weight is 292 g/mol. The molecule has 0 saturated heterocycles. The zero-order valence-electron chi connectivity index (χ0n) is 12.3. The van der Waals surface area contributed by atoms with Crippen molar-refractivity contribution in [3.8, 4) is 16.9 Å². The van der Waals surface area contributed by atoms with Crippen LogP contribution < -0.4 is 4.74 Å². The van der Waals surface area contributed by atoms with Crippen molar-refractivity contribution in [1.82, 2.24) is 0 Å². The predicted molar refractivity (Wildman–Crippen MR) is 82.9 cm³/mol. The largest absolute Gasteiger partial charge is 0.497 e. The Balaban J connectivity index is 0.000000956. The molecule has 0 N–H and O–H groups in total. The zero-order chi connectivity index (χ0) is 15.2. The molecule has 0 aliphatic carbocycles. The molecule has 0 aromatic heterocycles. The molecule has 3 nitrogen and oxygen atoms in total. The summed E-state index contributed by atoms with van der Waals surface area (Å²) in [5, 5.41) is 0. The Labute approximate surface area is 121 Å². The minimum Gasteiger partial charge on any atom is -0.497 e. The van der Waals surface area contributed by atoms with E-state index in [1.54, 1.807) is 31.4 Å². The molecule has 0 spiro atoms. The van der Waals surface area contributed by atoms with Gasteiger partial charge in [0.05, 0.1) is 12.0 Å². The molecule has 0 unspecified atom stereocenters. The maximum atomic E-state index is 11.3. The first-order chi connectivity index (χ1) is 9.50. The van der Waals surface area contributed by atoms with Gasteiger partial charge in [0, 0.05) is 6.26 Å². The molecule has 108 valence electrons. The Morgan fingerprint density at radius 2 is 1.20 bits per heavy atom. The van der Waals surface area contributed by atoms with E-state index in [4.69, 9.17) is 4.74 Å². The van der Waals surface area contributed by atoms with Crippen molar-refractivity contribution in [2.45, 2.75) is 18.7 Å². The Hall–Kier alpha value is -1.81. The highest BCUT2D eigenvalue weighted by molar-refractivity contribution is 7.90. The molecule has 0 aliphatic rings. The molecule has 0 heterocycles. The van der Waals surface area contributed by atoms with E-state index in [0.29, 0.717) is 4.90 Å². The summed E-state index contributed by atoms with van der Waals surface area (Å²) in [5.41, 5.74) is 2.00. The second kappa shape index (κ2) is 7.10. The minimum atomic E-state index is -3.13. The van der Waals surface area contributed by atoms with Crippen LogP contribution in [0.1, 0.15) is 13.8 Å². The summed E-state index contributed by atoms with van der Waals surface area (Å²) in [5.74, 6) is 0.798. The van der Waals surface area contributed by atoms with Crippen molar-refractivity contribution in [3.05, 3.63) is 48.5 Å².